The molecule has 7 aliphatic carbocycles. The Balaban J connectivity index is 1.08. The van der Waals surface area contributed by atoms with E-state index >= 15 is 0 Å². The van der Waals surface area contributed by atoms with Crippen LogP contribution in [0.5, 0.6) is 0 Å². The summed E-state index contributed by atoms with van der Waals surface area (Å²) in [5.74, 6) is 3.30. The van der Waals surface area contributed by atoms with Crippen LogP contribution in [0.3, 0.4) is 0 Å². The third-order valence-electron chi connectivity index (χ3n) is 15.3. The molecular weight excluding hydrogens is 639 g/mol. The van der Waals surface area contributed by atoms with E-state index in [1.807, 2.05) is 0 Å². The molecule has 1 heteroatoms. The Labute approximate surface area is 314 Å². The van der Waals surface area contributed by atoms with Gasteiger partial charge in [0.2, 0.25) is 0 Å². The van der Waals surface area contributed by atoms with Crippen molar-refractivity contribution >= 4 is 17.1 Å². The fourth-order valence-electron chi connectivity index (χ4n) is 13.4. The van der Waals surface area contributed by atoms with Gasteiger partial charge in [0.1, 0.15) is 0 Å². The highest BCUT2D eigenvalue weighted by atomic mass is 15.1. The van der Waals surface area contributed by atoms with Crippen molar-refractivity contribution in [1.82, 2.24) is 0 Å². The topological polar surface area (TPSA) is 3.24 Å². The quantitative estimate of drug-likeness (QED) is 0.179. The van der Waals surface area contributed by atoms with Crippen molar-refractivity contribution in [2.75, 3.05) is 4.90 Å². The first-order valence-corrected chi connectivity index (χ1v) is 20.7. The Morgan fingerprint density at radius 3 is 1.83 bits per heavy atom. The normalized spacial score (nSPS) is 26.3. The molecule has 0 aliphatic heterocycles. The first kappa shape index (κ1) is 30.6. The molecule has 7 aliphatic rings. The van der Waals surface area contributed by atoms with Gasteiger partial charge in [-0.3, -0.25) is 0 Å². The predicted molar refractivity (Wildman–Crippen MR) is 219 cm³/mol. The Hall–Kier alpha value is -4.88. The largest absolute Gasteiger partial charge is 0.310 e. The third-order valence-corrected chi connectivity index (χ3v) is 15.3. The minimum absolute atomic E-state index is 0.124. The van der Waals surface area contributed by atoms with Gasteiger partial charge in [0.25, 0.3) is 0 Å². The monoisotopic (exact) mass is 685 g/mol. The molecule has 13 rings (SSSR count). The summed E-state index contributed by atoms with van der Waals surface area (Å²) in [6.07, 6.45) is 13.6. The highest BCUT2D eigenvalue weighted by molar-refractivity contribution is 5.89. The highest BCUT2D eigenvalue weighted by Gasteiger charge is 2.59. The van der Waals surface area contributed by atoms with Crippen molar-refractivity contribution in [1.29, 1.82) is 0 Å². The first-order valence-electron chi connectivity index (χ1n) is 20.7. The summed E-state index contributed by atoms with van der Waals surface area (Å²) in [4.78, 5) is 2.61. The average Bonchev–Trinajstić information content (AvgIpc) is 3.84. The molecule has 6 aromatic carbocycles. The minimum atomic E-state index is 0.124. The summed E-state index contributed by atoms with van der Waals surface area (Å²) in [6.45, 7) is 0. The van der Waals surface area contributed by atoms with Crippen molar-refractivity contribution in [3.8, 4) is 33.4 Å². The lowest BCUT2D eigenvalue weighted by Crippen LogP contribution is -2.48. The second-order valence-electron chi connectivity index (χ2n) is 17.6. The number of rotatable bonds is 4. The summed E-state index contributed by atoms with van der Waals surface area (Å²) in [6, 6.07) is 54.2. The fraction of sp³-hybridized carbons (Fsp3) is 0.308. The summed E-state index contributed by atoms with van der Waals surface area (Å²) < 4.78 is 0. The van der Waals surface area contributed by atoms with E-state index in [9.17, 15) is 0 Å². The molecule has 5 unspecified atom stereocenters. The molecule has 53 heavy (non-hydrogen) atoms. The maximum absolute atomic E-state index is 2.68. The standard InChI is InChI=1S/C52H47N/c1-2-11-36(12-3-1)37-13-10-14-40(31-37)53(41-21-23-45-43-15-4-6-17-47(43)51(49(45)32-41)25-8-9-26-51)42-22-24-46-44-16-5-7-18-48(44)52(50(46)33-42)38-20-19-34-27-35(29-38)30-39(52)28-34/h1-7,10-18,21-24,31-35,38-39H,8-9,19-20,25-30H2. The molecule has 2 spiro atoms. The van der Waals surface area contributed by atoms with Crippen LogP contribution >= 0.6 is 0 Å². The zero-order valence-electron chi connectivity index (χ0n) is 30.6. The number of hydrogen-bond acceptors (Lipinski definition) is 1. The molecule has 0 radical (unpaired) electrons. The Morgan fingerprint density at radius 1 is 0.415 bits per heavy atom. The van der Waals surface area contributed by atoms with Crippen LogP contribution in [0.25, 0.3) is 33.4 Å². The Kier molecular flexibility index (Phi) is 6.53. The summed E-state index contributed by atoms with van der Waals surface area (Å²) in [7, 11) is 0. The van der Waals surface area contributed by atoms with E-state index in [4.69, 9.17) is 0 Å². The SMILES string of the molecule is c1ccc(-c2cccc(N(c3ccc4c(c3)C3(CCCC3)c3ccccc3-4)c3ccc4c(c3)C3(c5ccccc5-4)C4CCC5CC(C4)CC3C5)c2)cc1. The number of benzene rings is 6. The minimum Gasteiger partial charge on any atom is -0.310 e. The zero-order valence-corrected chi connectivity index (χ0v) is 30.6. The van der Waals surface area contributed by atoms with E-state index in [1.165, 1.54) is 115 Å². The van der Waals surface area contributed by atoms with Crippen LogP contribution in [0.2, 0.25) is 0 Å². The van der Waals surface area contributed by atoms with Gasteiger partial charge in [0.15, 0.2) is 0 Å². The lowest BCUT2D eigenvalue weighted by atomic mass is 9.51. The molecule has 0 aromatic heterocycles. The molecule has 4 bridgehead atoms. The van der Waals surface area contributed by atoms with Crippen molar-refractivity contribution in [2.24, 2.45) is 23.7 Å². The van der Waals surface area contributed by atoms with E-state index < -0.39 is 0 Å². The fourth-order valence-corrected chi connectivity index (χ4v) is 13.4. The molecule has 5 fully saturated rings. The maximum Gasteiger partial charge on any atom is 0.0467 e. The molecule has 6 aromatic rings. The molecule has 1 nitrogen and oxygen atoms in total. The molecule has 5 atom stereocenters. The zero-order chi connectivity index (χ0) is 34.7. The van der Waals surface area contributed by atoms with Gasteiger partial charge in [-0.1, -0.05) is 122 Å². The van der Waals surface area contributed by atoms with Gasteiger partial charge in [-0.05, 0) is 161 Å². The molecule has 0 amide bonds. The van der Waals surface area contributed by atoms with Gasteiger partial charge < -0.3 is 4.90 Å². The van der Waals surface area contributed by atoms with Crippen molar-refractivity contribution in [3.05, 3.63) is 162 Å². The van der Waals surface area contributed by atoms with Gasteiger partial charge in [0.05, 0.1) is 0 Å². The summed E-state index contributed by atoms with van der Waals surface area (Å²) in [5.41, 5.74) is 18.8. The molecule has 0 N–H and O–H groups in total. The van der Waals surface area contributed by atoms with Crippen LogP contribution in [-0.4, -0.2) is 0 Å². The van der Waals surface area contributed by atoms with Crippen molar-refractivity contribution < 1.29 is 0 Å². The van der Waals surface area contributed by atoms with Gasteiger partial charge in [-0.2, -0.15) is 0 Å². The van der Waals surface area contributed by atoms with Crippen LogP contribution in [0, 0.1) is 23.7 Å². The average molecular weight is 686 g/mol. The van der Waals surface area contributed by atoms with Crippen molar-refractivity contribution in [3.63, 3.8) is 0 Å². The lowest BCUT2D eigenvalue weighted by molar-refractivity contribution is 0.0618. The van der Waals surface area contributed by atoms with Crippen LogP contribution in [0.15, 0.2) is 140 Å². The van der Waals surface area contributed by atoms with Gasteiger partial charge in [0, 0.05) is 27.9 Å². The van der Waals surface area contributed by atoms with Crippen LogP contribution in [-0.2, 0) is 10.8 Å². The molecule has 5 saturated carbocycles. The van der Waals surface area contributed by atoms with E-state index in [0.29, 0.717) is 0 Å². The smallest absolute Gasteiger partial charge is 0.0467 e. The van der Waals surface area contributed by atoms with Gasteiger partial charge in [-0.25, -0.2) is 0 Å². The van der Waals surface area contributed by atoms with Gasteiger partial charge >= 0.3 is 0 Å². The van der Waals surface area contributed by atoms with Crippen molar-refractivity contribution in [2.45, 2.75) is 75.0 Å². The van der Waals surface area contributed by atoms with E-state index in [1.54, 1.807) is 22.3 Å². The van der Waals surface area contributed by atoms with Crippen LogP contribution in [0.4, 0.5) is 17.1 Å². The van der Waals surface area contributed by atoms with Crippen LogP contribution < -0.4 is 4.90 Å². The summed E-state index contributed by atoms with van der Waals surface area (Å²) >= 11 is 0. The predicted octanol–water partition coefficient (Wildman–Crippen LogP) is 13.8. The Morgan fingerprint density at radius 2 is 1.02 bits per heavy atom. The summed E-state index contributed by atoms with van der Waals surface area (Å²) in [5, 5.41) is 0. The van der Waals surface area contributed by atoms with E-state index in [2.05, 4.69) is 144 Å². The second-order valence-corrected chi connectivity index (χ2v) is 17.6. The number of fused-ring (bicyclic) bond motifs is 9. The van der Waals surface area contributed by atoms with E-state index in [0.717, 1.165) is 23.7 Å². The lowest BCUT2D eigenvalue weighted by Gasteiger charge is -2.53. The Bertz CT molecular complexity index is 2400. The molecule has 0 saturated heterocycles. The third kappa shape index (κ3) is 4.20. The number of nitrogens with zero attached hydrogens (tertiary/aromatic N) is 1. The number of anilines is 3. The number of hydrogen-bond donors (Lipinski definition) is 0. The molecule has 260 valence electrons. The highest BCUT2D eigenvalue weighted by Crippen LogP contribution is 2.68. The molecule has 0 heterocycles. The first-order chi connectivity index (χ1) is 26.2. The van der Waals surface area contributed by atoms with E-state index in [-0.39, 0.29) is 10.8 Å². The second kappa shape index (κ2) is 11.3. The maximum atomic E-state index is 2.68. The molecular formula is C52H47N. The van der Waals surface area contributed by atoms with Gasteiger partial charge in [-0.15, -0.1) is 0 Å². The van der Waals surface area contributed by atoms with Crippen LogP contribution in [0.1, 0.15) is 86.5 Å².